The van der Waals surface area contributed by atoms with Gasteiger partial charge in [0.2, 0.25) is 0 Å². The number of nitrogens with zero attached hydrogens (tertiary/aromatic N) is 2. The average molecular weight is 376 g/mol. The molecule has 0 unspecified atom stereocenters. The van der Waals surface area contributed by atoms with Crippen LogP contribution in [-0.4, -0.2) is 16.2 Å². The monoisotopic (exact) mass is 376 g/mol. The van der Waals surface area contributed by atoms with Gasteiger partial charge in [-0.05, 0) is 31.0 Å². The van der Waals surface area contributed by atoms with Crippen LogP contribution in [0.1, 0.15) is 10.4 Å². The number of thiophene rings is 1. The Hall–Kier alpha value is -2.92. The van der Waals surface area contributed by atoms with Gasteiger partial charge in [-0.1, -0.05) is 48.5 Å². The Balaban J connectivity index is 1.66. The highest BCUT2D eigenvalue weighted by atomic mass is 32.1. The van der Waals surface area contributed by atoms with Crippen molar-refractivity contribution in [1.29, 1.82) is 0 Å². The molecule has 0 aliphatic carbocycles. The number of fused-ring (bicyclic) bond motifs is 1. The Morgan fingerprint density at radius 1 is 1.04 bits per heavy atom. The van der Waals surface area contributed by atoms with Gasteiger partial charge in [0.1, 0.15) is 17.2 Å². The van der Waals surface area contributed by atoms with E-state index in [1.165, 1.54) is 0 Å². The van der Waals surface area contributed by atoms with Crippen LogP contribution in [0.4, 0.5) is 0 Å². The molecule has 0 fully saturated rings. The van der Waals surface area contributed by atoms with Crippen LogP contribution in [0.5, 0.6) is 5.75 Å². The van der Waals surface area contributed by atoms with Crippen molar-refractivity contribution in [2.24, 2.45) is 0 Å². The first-order chi connectivity index (χ1) is 13.1. The molecule has 5 heteroatoms. The lowest BCUT2D eigenvalue weighted by Gasteiger charge is -2.10. The molecular formula is C22H20N2O2S. The molecule has 0 aliphatic heterocycles. The number of aryl methyl sites for hydroxylation is 2. The van der Waals surface area contributed by atoms with Crippen molar-refractivity contribution in [3.05, 3.63) is 81.7 Å². The summed E-state index contributed by atoms with van der Waals surface area (Å²) in [4.78, 5) is 19.5. The summed E-state index contributed by atoms with van der Waals surface area (Å²) < 4.78 is 7.48. The Kier molecular flexibility index (Phi) is 4.77. The summed E-state index contributed by atoms with van der Waals surface area (Å²) in [6.07, 6.45) is 1.62. The molecule has 4 rings (SSSR count). The summed E-state index contributed by atoms with van der Waals surface area (Å²) in [6, 6.07) is 17.9. The van der Waals surface area contributed by atoms with Crippen LogP contribution in [0.25, 0.3) is 21.3 Å². The summed E-state index contributed by atoms with van der Waals surface area (Å²) in [7, 11) is 0. The van der Waals surface area contributed by atoms with Gasteiger partial charge in [0, 0.05) is 10.4 Å². The SMILES string of the molecule is Cc1ccccc1OCCn1cnc2sc(C)c(-c3ccccc3)c2c1=O. The highest BCUT2D eigenvalue weighted by molar-refractivity contribution is 7.19. The second kappa shape index (κ2) is 7.37. The molecule has 136 valence electrons. The van der Waals surface area contributed by atoms with E-state index in [1.54, 1.807) is 22.2 Å². The maximum absolute atomic E-state index is 13.1. The summed E-state index contributed by atoms with van der Waals surface area (Å²) in [6.45, 7) is 4.93. The third-order valence-corrected chi connectivity index (χ3v) is 5.61. The minimum absolute atomic E-state index is 0.0170. The smallest absolute Gasteiger partial charge is 0.262 e. The summed E-state index contributed by atoms with van der Waals surface area (Å²) >= 11 is 1.56. The fourth-order valence-corrected chi connectivity index (χ4v) is 4.22. The molecule has 0 atom stereocenters. The Labute approximate surface area is 161 Å². The summed E-state index contributed by atoms with van der Waals surface area (Å²) in [5.41, 5.74) is 3.10. The predicted octanol–water partition coefficient (Wildman–Crippen LogP) is 4.82. The fraction of sp³-hybridized carbons (Fsp3) is 0.182. The van der Waals surface area contributed by atoms with Crippen molar-refractivity contribution in [2.75, 3.05) is 6.61 Å². The second-order valence-corrected chi connectivity index (χ2v) is 7.64. The van der Waals surface area contributed by atoms with E-state index in [0.29, 0.717) is 18.5 Å². The number of ether oxygens (including phenoxy) is 1. The molecule has 2 heterocycles. The highest BCUT2D eigenvalue weighted by Crippen LogP contribution is 2.35. The lowest BCUT2D eigenvalue weighted by atomic mass is 10.0. The van der Waals surface area contributed by atoms with Crippen molar-refractivity contribution in [2.45, 2.75) is 20.4 Å². The van der Waals surface area contributed by atoms with Crippen molar-refractivity contribution in [1.82, 2.24) is 9.55 Å². The van der Waals surface area contributed by atoms with Crippen LogP contribution in [-0.2, 0) is 6.54 Å². The van der Waals surface area contributed by atoms with Crippen LogP contribution < -0.4 is 10.3 Å². The molecular weight excluding hydrogens is 356 g/mol. The molecule has 0 bridgehead atoms. The zero-order chi connectivity index (χ0) is 18.8. The Bertz CT molecular complexity index is 1150. The van der Waals surface area contributed by atoms with Crippen molar-refractivity contribution >= 4 is 21.6 Å². The van der Waals surface area contributed by atoms with Gasteiger partial charge in [-0.25, -0.2) is 4.98 Å². The van der Waals surface area contributed by atoms with Gasteiger partial charge < -0.3 is 4.74 Å². The number of benzene rings is 2. The molecule has 0 amide bonds. The van der Waals surface area contributed by atoms with Gasteiger partial charge in [0.15, 0.2) is 0 Å². The highest BCUT2D eigenvalue weighted by Gasteiger charge is 2.16. The van der Waals surface area contributed by atoms with Crippen LogP contribution in [0, 0.1) is 13.8 Å². The van der Waals surface area contributed by atoms with E-state index < -0.39 is 0 Å². The first-order valence-electron chi connectivity index (χ1n) is 8.87. The van der Waals surface area contributed by atoms with Crippen LogP contribution in [0.15, 0.2) is 65.7 Å². The van der Waals surface area contributed by atoms with Gasteiger partial charge in [-0.2, -0.15) is 0 Å². The second-order valence-electron chi connectivity index (χ2n) is 6.44. The Morgan fingerprint density at radius 2 is 1.78 bits per heavy atom. The average Bonchev–Trinajstić information content (AvgIpc) is 3.02. The van der Waals surface area contributed by atoms with E-state index in [1.807, 2.05) is 68.4 Å². The van der Waals surface area contributed by atoms with E-state index in [4.69, 9.17) is 4.74 Å². The molecule has 0 saturated heterocycles. The van der Waals surface area contributed by atoms with Gasteiger partial charge in [0.05, 0.1) is 18.3 Å². The zero-order valence-electron chi connectivity index (χ0n) is 15.3. The maximum atomic E-state index is 13.1. The zero-order valence-corrected chi connectivity index (χ0v) is 16.1. The van der Waals surface area contributed by atoms with Gasteiger partial charge in [0.25, 0.3) is 5.56 Å². The van der Waals surface area contributed by atoms with Crippen molar-refractivity contribution < 1.29 is 4.74 Å². The molecule has 4 nitrogen and oxygen atoms in total. The van der Waals surface area contributed by atoms with Crippen molar-refractivity contribution in [3.63, 3.8) is 0 Å². The third kappa shape index (κ3) is 3.38. The molecule has 4 aromatic rings. The topological polar surface area (TPSA) is 44.1 Å². The standard InChI is InChI=1S/C22H20N2O2S/c1-15-8-6-7-11-18(15)26-13-12-24-14-23-21-20(22(24)25)19(16(2)27-21)17-9-4-3-5-10-17/h3-11,14H,12-13H2,1-2H3. The fourth-order valence-electron chi connectivity index (χ4n) is 3.22. The summed E-state index contributed by atoms with van der Waals surface area (Å²) in [5.74, 6) is 0.843. The van der Waals surface area contributed by atoms with Gasteiger partial charge in [-0.15, -0.1) is 11.3 Å². The van der Waals surface area contributed by atoms with E-state index in [2.05, 4.69) is 4.98 Å². The number of hydrogen-bond donors (Lipinski definition) is 0. The van der Waals surface area contributed by atoms with Crippen LogP contribution in [0.2, 0.25) is 0 Å². The minimum atomic E-state index is -0.0170. The predicted molar refractivity (Wildman–Crippen MR) is 111 cm³/mol. The van der Waals surface area contributed by atoms with Crippen LogP contribution in [0.3, 0.4) is 0 Å². The normalized spacial score (nSPS) is 11.0. The Morgan fingerprint density at radius 3 is 2.56 bits per heavy atom. The summed E-state index contributed by atoms with van der Waals surface area (Å²) in [5, 5.41) is 0.696. The lowest BCUT2D eigenvalue weighted by molar-refractivity contribution is 0.294. The van der Waals surface area contributed by atoms with Gasteiger partial charge >= 0.3 is 0 Å². The number of para-hydroxylation sites is 1. The number of rotatable bonds is 5. The van der Waals surface area contributed by atoms with Gasteiger partial charge in [-0.3, -0.25) is 9.36 Å². The number of aromatic nitrogens is 2. The first-order valence-corrected chi connectivity index (χ1v) is 9.69. The third-order valence-electron chi connectivity index (χ3n) is 4.60. The lowest BCUT2D eigenvalue weighted by Crippen LogP contribution is -2.23. The van der Waals surface area contributed by atoms with E-state index in [9.17, 15) is 4.79 Å². The van der Waals surface area contributed by atoms with Crippen molar-refractivity contribution in [3.8, 4) is 16.9 Å². The molecule has 0 spiro atoms. The van der Waals surface area contributed by atoms with Crippen LogP contribution >= 0.6 is 11.3 Å². The molecule has 0 aliphatic rings. The molecule has 0 radical (unpaired) electrons. The van der Waals surface area contributed by atoms with E-state index in [0.717, 1.165) is 32.1 Å². The molecule has 0 saturated carbocycles. The number of hydrogen-bond acceptors (Lipinski definition) is 4. The molecule has 0 N–H and O–H groups in total. The largest absolute Gasteiger partial charge is 0.491 e. The maximum Gasteiger partial charge on any atom is 0.262 e. The van der Waals surface area contributed by atoms with E-state index >= 15 is 0 Å². The quantitative estimate of drug-likeness (QED) is 0.501. The minimum Gasteiger partial charge on any atom is -0.491 e. The molecule has 27 heavy (non-hydrogen) atoms. The molecule has 2 aromatic carbocycles. The molecule has 2 aromatic heterocycles. The van der Waals surface area contributed by atoms with E-state index in [-0.39, 0.29) is 5.56 Å². The first kappa shape index (κ1) is 17.5.